The van der Waals surface area contributed by atoms with Gasteiger partial charge in [-0.05, 0) is 50.4 Å². The lowest BCUT2D eigenvalue weighted by Crippen LogP contribution is -1.97. The second kappa shape index (κ2) is 6.08. The lowest BCUT2D eigenvalue weighted by atomic mass is 10.2. The van der Waals surface area contributed by atoms with E-state index in [-0.39, 0.29) is 0 Å². The Bertz CT molecular complexity index is 352. The highest BCUT2D eigenvalue weighted by atomic mass is 79.9. The highest BCUT2D eigenvalue weighted by Gasteiger charge is 2.08. The van der Waals surface area contributed by atoms with Gasteiger partial charge in [-0.1, -0.05) is 6.08 Å². The molecule has 0 N–H and O–H groups in total. The van der Waals surface area contributed by atoms with Gasteiger partial charge in [0.15, 0.2) is 0 Å². The van der Waals surface area contributed by atoms with E-state index in [2.05, 4.69) is 38.4 Å². The lowest BCUT2D eigenvalue weighted by Gasteiger charge is -2.09. The summed E-state index contributed by atoms with van der Waals surface area (Å²) in [6, 6.07) is 3.45. The van der Waals surface area contributed by atoms with E-state index >= 15 is 0 Å². The first kappa shape index (κ1) is 12.5. The van der Waals surface area contributed by atoms with Crippen LogP contribution in [0.4, 0.5) is 0 Å². The number of carbonyl (C=O) groups is 1. The Labute approximate surface area is 106 Å². The van der Waals surface area contributed by atoms with Gasteiger partial charge in [0.05, 0.1) is 15.6 Å². The molecule has 0 radical (unpaired) electrons. The number of hydrogen-bond acceptors (Lipinski definition) is 2. The third-order valence-electron chi connectivity index (χ3n) is 1.73. The molecule has 2 nitrogen and oxygen atoms in total. The summed E-state index contributed by atoms with van der Waals surface area (Å²) < 4.78 is 7.06. The van der Waals surface area contributed by atoms with Gasteiger partial charge in [0.1, 0.15) is 12.0 Å². The third-order valence-corrected chi connectivity index (χ3v) is 2.90. The maximum Gasteiger partial charge on any atom is 0.150 e. The van der Waals surface area contributed by atoms with Crippen molar-refractivity contribution < 1.29 is 9.53 Å². The molecule has 1 aromatic rings. The molecule has 15 heavy (non-hydrogen) atoms. The molecule has 1 aromatic carbocycles. The van der Waals surface area contributed by atoms with Crippen molar-refractivity contribution in [1.29, 1.82) is 0 Å². The monoisotopic (exact) mass is 332 g/mol. The van der Waals surface area contributed by atoms with E-state index in [1.165, 1.54) is 0 Å². The molecule has 0 aliphatic carbocycles. The standard InChI is InChI=1S/C11H10Br2O2/c1-2-3-4-15-11-9(12)5-8(7-14)6-10(11)13/h2,5-7H,1,3-4H2. The van der Waals surface area contributed by atoms with Crippen molar-refractivity contribution in [3.8, 4) is 5.75 Å². The maximum absolute atomic E-state index is 10.6. The molecule has 1 rings (SSSR count). The Kier molecular flexibility index (Phi) is 5.05. The van der Waals surface area contributed by atoms with Crippen LogP contribution in [0.3, 0.4) is 0 Å². The molecule has 0 aliphatic heterocycles. The van der Waals surface area contributed by atoms with Gasteiger partial charge in [-0.25, -0.2) is 0 Å². The average molecular weight is 334 g/mol. The summed E-state index contributed by atoms with van der Waals surface area (Å²) >= 11 is 6.70. The molecule has 0 amide bonds. The minimum absolute atomic E-state index is 0.571. The predicted octanol–water partition coefficient (Wildman–Crippen LogP) is 3.98. The van der Waals surface area contributed by atoms with Crippen molar-refractivity contribution in [2.24, 2.45) is 0 Å². The van der Waals surface area contributed by atoms with E-state index < -0.39 is 0 Å². The molecule has 0 heterocycles. The Morgan fingerprint density at radius 2 is 1.93 bits per heavy atom. The van der Waals surface area contributed by atoms with Crippen molar-refractivity contribution in [2.75, 3.05) is 6.61 Å². The van der Waals surface area contributed by atoms with Crippen LogP contribution in [-0.4, -0.2) is 12.9 Å². The van der Waals surface area contributed by atoms with Crippen LogP contribution in [0, 0.1) is 0 Å². The predicted molar refractivity (Wildman–Crippen MR) is 67.5 cm³/mol. The Hall–Kier alpha value is -0.610. The molecule has 0 spiro atoms. The highest BCUT2D eigenvalue weighted by molar-refractivity contribution is 9.11. The van der Waals surface area contributed by atoms with Crippen LogP contribution in [0.25, 0.3) is 0 Å². The van der Waals surface area contributed by atoms with Crippen molar-refractivity contribution in [1.82, 2.24) is 0 Å². The van der Waals surface area contributed by atoms with Crippen molar-refractivity contribution in [3.05, 3.63) is 39.3 Å². The molecule has 0 unspecified atom stereocenters. The maximum atomic E-state index is 10.6. The molecule has 0 saturated heterocycles. The summed E-state index contributed by atoms with van der Waals surface area (Å²) in [6.07, 6.45) is 3.37. The minimum atomic E-state index is 0.571. The Morgan fingerprint density at radius 1 is 1.33 bits per heavy atom. The smallest absolute Gasteiger partial charge is 0.150 e. The molecular weight excluding hydrogens is 324 g/mol. The van der Waals surface area contributed by atoms with E-state index in [1.54, 1.807) is 18.2 Å². The topological polar surface area (TPSA) is 26.3 Å². The second-order valence-corrected chi connectivity index (χ2v) is 4.57. The fraction of sp³-hybridized carbons (Fsp3) is 0.182. The number of benzene rings is 1. The zero-order valence-corrected chi connectivity index (χ0v) is 11.2. The van der Waals surface area contributed by atoms with Crippen LogP contribution in [0.2, 0.25) is 0 Å². The SMILES string of the molecule is C=CCCOc1c(Br)cc(C=O)cc1Br. The molecule has 0 fully saturated rings. The first-order chi connectivity index (χ1) is 7.19. The minimum Gasteiger partial charge on any atom is -0.491 e. The van der Waals surface area contributed by atoms with Gasteiger partial charge in [-0.2, -0.15) is 0 Å². The molecule has 0 aliphatic rings. The van der Waals surface area contributed by atoms with Gasteiger partial charge >= 0.3 is 0 Å². The van der Waals surface area contributed by atoms with Gasteiger partial charge in [-0.3, -0.25) is 4.79 Å². The van der Waals surface area contributed by atoms with Crippen LogP contribution >= 0.6 is 31.9 Å². The summed E-state index contributed by atoms with van der Waals surface area (Å²) in [5.41, 5.74) is 0.602. The van der Waals surface area contributed by atoms with Crippen LogP contribution in [-0.2, 0) is 0 Å². The highest BCUT2D eigenvalue weighted by Crippen LogP contribution is 2.34. The lowest BCUT2D eigenvalue weighted by molar-refractivity contribution is 0.112. The Balaban J connectivity index is 2.87. The summed E-state index contributed by atoms with van der Waals surface area (Å²) in [5.74, 6) is 0.711. The molecule has 0 atom stereocenters. The number of aldehydes is 1. The molecule has 0 saturated carbocycles. The fourth-order valence-electron chi connectivity index (χ4n) is 1.03. The normalized spacial score (nSPS) is 9.73. The quantitative estimate of drug-likeness (QED) is 0.463. The first-order valence-electron chi connectivity index (χ1n) is 4.37. The van der Waals surface area contributed by atoms with Crippen molar-refractivity contribution >= 4 is 38.1 Å². The number of rotatable bonds is 5. The number of ether oxygens (including phenoxy) is 1. The second-order valence-electron chi connectivity index (χ2n) is 2.86. The van der Waals surface area contributed by atoms with Gasteiger partial charge in [0.2, 0.25) is 0 Å². The van der Waals surface area contributed by atoms with Gasteiger partial charge in [-0.15, -0.1) is 6.58 Å². The van der Waals surface area contributed by atoms with E-state index in [9.17, 15) is 4.79 Å². The number of halogens is 2. The van der Waals surface area contributed by atoms with Crippen LogP contribution in [0.5, 0.6) is 5.75 Å². The van der Waals surface area contributed by atoms with Crippen molar-refractivity contribution in [2.45, 2.75) is 6.42 Å². The van der Waals surface area contributed by atoms with E-state index in [0.29, 0.717) is 17.9 Å². The van der Waals surface area contributed by atoms with Crippen LogP contribution in [0.15, 0.2) is 33.7 Å². The molecule has 0 aromatic heterocycles. The summed E-state index contributed by atoms with van der Waals surface area (Å²) in [5, 5.41) is 0. The molecule has 4 heteroatoms. The largest absolute Gasteiger partial charge is 0.491 e. The summed E-state index contributed by atoms with van der Waals surface area (Å²) in [4.78, 5) is 10.6. The summed E-state index contributed by atoms with van der Waals surface area (Å²) in [6.45, 7) is 4.18. The number of hydrogen-bond donors (Lipinski definition) is 0. The molecular formula is C11H10Br2O2. The first-order valence-corrected chi connectivity index (χ1v) is 5.95. The van der Waals surface area contributed by atoms with E-state index in [0.717, 1.165) is 21.7 Å². The number of carbonyl (C=O) groups excluding carboxylic acids is 1. The van der Waals surface area contributed by atoms with Crippen LogP contribution in [0.1, 0.15) is 16.8 Å². The zero-order chi connectivity index (χ0) is 11.3. The fourth-order valence-corrected chi connectivity index (χ4v) is 2.48. The molecule has 0 bridgehead atoms. The van der Waals surface area contributed by atoms with E-state index in [4.69, 9.17) is 4.74 Å². The zero-order valence-electron chi connectivity index (χ0n) is 8.00. The third kappa shape index (κ3) is 3.47. The van der Waals surface area contributed by atoms with Crippen molar-refractivity contribution in [3.63, 3.8) is 0 Å². The van der Waals surface area contributed by atoms with Gasteiger partial charge < -0.3 is 4.74 Å². The summed E-state index contributed by atoms with van der Waals surface area (Å²) in [7, 11) is 0. The van der Waals surface area contributed by atoms with E-state index in [1.807, 2.05) is 0 Å². The average Bonchev–Trinajstić information content (AvgIpc) is 2.22. The van der Waals surface area contributed by atoms with Gasteiger partial charge in [0.25, 0.3) is 0 Å². The van der Waals surface area contributed by atoms with Gasteiger partial charge in [0, 0.05) is 5.56 Å². The van der Waals surface area contributed by atoms with Crippen LogP contribution < -0.4 is 4.74 Å². The molecule has 80 valence electrons. The Morgan fingerprint density at radius 3 is 2.40 bits per heavy atom.